The van der Waals surface area contributed by atoms with Gasteiger partial charge in [0.1, 0.15) is 17.4 Å². The number of carbonyl (C=O) groups excluding carboxylic acids is 1. The van der Waals surface area contributed by atoms with Crippen molar-refractivity contribution in [2.24, 2.45) is 0 Å². The van der Waals surface area contributed by atoms with E-state index in [0.29, 0.717) is 30.9 Å². The summed E-state index contributed by atoms with van der Waals surface area (Å²) in [7, 11) is 0. The highest BCUT2D eigenvalue weighted by molar-refractivity contribution is 5.93. The molecule has 4 fully saturated rings. The lowest BCUT2D eigenvalue weighted by molar-refractivity contribution is -0.101. The fourth-order valence-corrected chi connectivity index (χ4v) is 6.18. The van der Waals surface area contributed by atoms with E-state index in [4.69, 9.17) is 4.74 Å². The number of ether oxygens (including phenoxy) is 1. The number of nitrogens with one attached hydrogen (secondary N) is 1. The van der Waals surface area contributed by atoms with E-state index in [2.05, 4.69) is 32.4 Å². The summed E-state index contributed by atoms with van der Waals surface area (Å²) in [6, 6.07) is 11.5. The van der Waals surface area contributed by atoms with Crippen LogP contribution in [0.15, 0.2) is 48.9 Å². The Morgan fingerprint density at radius 2 is 1.94 bits per heavy atom. The number of hydrogen-bond acceptors (Lipinski definition) is 7. The highest BCUT2D eigenvalue weighted by atomic mass is 16.5. The number of aromatic nitrogens is 3. The van der Waals surface area contributed by atoms with Crippen molar-refractivity contribution < 1.29 is 14.6 Å². The molecule has 2 bridgehead atoms. The van der Waals surface area contributed by atoms with Crippen LogP contribution in [0.2, 0.25) is 0 Å². The van der Waals surface area contributed by atoms with Gasteiger partial charge in [0.05, 0.1) is 41.7 Å². The summed E-state index contributed by atoms with van der Waals surface area (Å²) in [6.07, 6.45) is 9.68. The predicted octanol–water partition coefficient (Wildman–Crippen LogP) is 2.44. The Labute approximate surface area is 203 Å². The number of nitrogens with zero attached hydrogens (tertiary/aromatic N) is 5. The van der Waals surface area contributed by atoms with Crippen LogP contribution in [-0.2, 0) is 4.74 Å². The first-order chi connectivity index (χ1) is 17.0. The zero-order chi connectivity index (χ0) is 24.1. The first kappa shape index (κ1) is 22.0. The van der Waals surface area contributed by atoms with Crippen LogP contribution >= 0.6 is 0 Å². The van der Waals surface area contributed by atoms with Gasteiger partial charge in [-0.2, -0.15) is 10.4 Å². The van der Waals surface area contributed by atoms with Crippen LogP contribution in [0.5, 0.6) is 0 Å². The topological polar surface area (TPSA) is 116 Å². The molecule has 3 aromatic rings. The molecule has 0 aromatic carbocycles. The van der Waals surface area contributed by atoms with Gasteiger partial charge in [0, 0.05) is 24.5 Å². The summed E-state index contributed by atoms with van der Waals surface area (Å²) >= 11 is 0. The molecule has 1 saturated heterocycles. The average Bonchev–Trinajstić information content (AvgIpc) is 3.29. The molecule has 2 N–H and O–H groups in total. The Bertz CT molecular complexity index is 1290. The van der Waals surface area contributed by atoms with E-state index in [1.807, 2.05) is 16.6 Å². The lowest BCUT2D eigenvalue weighted by atomic mass is 9.61. The second-order valence-corrected chi connectivity index (χ2v) is 10.3. The van der Waals surface area contributed by atoms with Crippen LogP contribution in [-0.4, -0.2) is 62.0 Å². The number of fused-ring (bicyclic) bond motifs is 4. The molecule has 0 unspecified atom stereocenters. The van der Waals surface area contributed by atoms with Crippen molar-refractivity contribution in [3.8, 4) is 6.07 Å². The zero-order valence-corrected chi connectivity index (χ0v) is 19.5. The van der Waals surface area contributed by atoms with Gasteiger partial charge in [-0.1, -0.05) is 0 Å². The molecule has 4 aliphatic rings. The van der Waals surface area contributed by atoms with Crippen LogP contribution < -0.4 is 10.2 Å². The summed E-state index contributed by atoms with van der Waals surface area (Å²) in [4.78, 5) is 19.4. The number of hydrogen-bond donors (Lipinski definition) is 2. The van der Waals surface area contributed by atoms with Crippen molar-refractivity contribution in [2.45, 2.75) is 55.2 Å². The number of aliphatic hydroxyl groups is 1. The van der Waals surface area contributed by atoms with Crippen molar-refractivity contribution >= 4 is 17.2 Å². The molecule has 4 heterocycles. The molecule has 1 aliphatic heterocycles. The monoisotopic (exact) mass is 472 g/mol. The minimum Gasteiger partial charge on any atom is -0.390 e. The lowest BCUT2D eigenvalue weighted by Gasteiger charge is -2.63. The van der Waals surface area contributed by atoms with E-state index in [9.17, 15) is 15.2 Å². The van der Waals surface area contributed by atoms with Crippen LogP contribution in [0.3, 0.4) is 0 Å². The molecule has 35 heavy (non-hydrogen) atoms. The Balaban J connectivity index is 1.40. The number of pyridine rings is 1. The fourth-order valence-electron chi connectivity index (χ4n) is 6.18. The van der Waals surface area contributed by atoms with E-state index in [1.54, 1.807) is 30.7 Å². The van der Waals surface area contributed by atoms with Gasteiger partial charge in [0.25, 0.3) is 5.91 Å². The minimum atomic E-state index is -0.563. The van der Waals surface area contributed by atoms with E-state index in [0.717, 1.165) is 49.9 Å². The third-order valence-electron chi connectivity index (χ3n) is 8.20. The smallest absolute Gasteiger partial charge is 0.252 e. The van der Waals surface area contributed by atoms with E-state index in [-0.39, 0.29) is 11.4 Å². The molecule has 3 aromatic heterocycles. The Kier molecular flexibility index (Phi) is 5.06. The summed E-state index contributed by atoms with van der Waals surface area (Å²) in [5.74, 6) is 0.760. The van der Waals surface area contributed by atoms with Crippen molar-refractivity contribution in [3.05, 3.63) is 60.0 Å². The number of anilines is 1. The molecule has 3 aliphatic carbocycles. The summed E-state index contributed by atoms with van der Waals surface area (Å²) < 4.78 is 7.67. The molecule has 1 amide bonds. The van der Waals surface area contributed by atoms with Gasteiger partial charge in [0.15, 0.2) is 0 Å². The van der Waals surface area contributed by atoms with Crippen molar-refractivity contribution in [2.75, 3.05) is 24.7 Å². The van der Waals surface area contributed by atoms with Gasteiger partial charge in [-0.15, -0.1) is 0 Å². The largest absolute Gasteiger partial charge is 0.390 e. The van der Waals surface area contributed by atoms with E-state index < -0.39 is 11.1 Å². The first-order valence-electron chi connectivity index (χ1n) is 12.1. The maximum atomic E-state index is 12.9. The normalized spacial score (nSPS) is 26.6. The zero-order valence-electron chi connectivity index (χ0n) is 19.5. The van der Waals surface area contributed by atoms with Gasteiger partial charge >= 0.3 is 0 Å². The Hall–Kier alpha value is -3.48. The van der Waals surface area contributed by atoms with Gasteiger partial charge in [-0.05, 0) is 68.9 Å². The lowest BCUT2D eigenvalue weighted by Crippen LogP contribution is -2.75. The fraction of sp³-hybridized carbons (Fsp3) is 0.462. The molecular formula is C26H28N6O3. The molecule has 7 rings (SSSR count). The standard InChI is InChI=1S/C26H28N6O3/c27-13-19-12-21-3-4-22(31(21)30-14-19)32(24-5-8-26(34,9-6-24)10-7-24)25(17-35-18-25)16-29-23(33)20-2-1-11-28-15-20/h1-4,11-12,14-15,34H,5-10,16-18H2,(H,29,33). The number of carbonyl (C=O) groups is 1. The molecule has 9 heteroatoms. The van der Waals surface area contributed by atoms with E-state index in [1.165, 1.54) is 0 Å². The highest BCUT2D eigenvalue weighted by Gasteiger charge is 2.58. The second kappa shape index (κ2) is 8.04. The molecule has 0 spiro atoms. The third kappa shape index (κ3) is 3.56. The van der Waals surface area contributed by atoms with Crippen molar-refractivity contribution in [1.29, 1.82) is 5.26 Å². The Morgan fingerprint density at radius 1 is 1.17 bits per heavy atom. The molecule has 9 nitrogen and oxygen atoms in total. The molecular weight excluding hydrogens is 444 g/mol. The van der Waals surface area contributed by atoms with Crippen molar-refractivity contribution in [1.82, 2.24) is 19.9 Å². The van der Waals surface area contributed by atoms with Crippen LogP contribution in [0.25, 0.3) is 5.52 Å². The van der Waals surface area contributed by atoms with Gasteiger partial charge < -0.3 is 20.1 Å². The molecule has 180 valence electrons. The molecule has 0 radical (unpaired) electrons. The van der Waals surface area contributed by atoms with E-state index >= 15 is 0 Å². The summed E-state index contributed by atoms with van der Waals surface area (Å²) in [5, 5.41) is 27.9. The average molecular weight is 473 g/mol. The first-order valence-corrected chi connectivity index (χ1v) is 12.1. The number of rotatable bonds is 6. The van der Waals surface area contributed by atoms with Crippen LogP contribution in [0.4, 0.5) is 5.82 Å². The minimum absolute atomic E-state index is 0.166. The van der Waals surface area contributed by atoms with Crippen LogP contribution in [0, 0.1) is 11.3 Å². The Morgan fingerprint density at radius 3 is 2.57 bits per heavy atom. The highest BCUT2D eigenvalue weighted by Crippen LogP contribution is 2.53. The van der Waals surface area contributed by atoms with Gasteiger partial charge in [-0.25, -0.2) is 4.52 Å². The predicted molar refractivity (Wildman–Crippen MR) is 128 cm³/mol. The SMILES string of the molecule is N#Cc1cnn2c(N(C34CCC(O)(CC3)CC4)C3(CNC(=O)c4cccnc4)COC3)ccc2c1. The second-order valence-electron chi connectivity index (χ2n) is 10.3. The van der Waals surface area contributed by atoms with Crippen LogP contribution in [0.1, 0.15) is 54.4 Å². The quantitative estimate of drug-likeness (QED) is 0.566. The van der Waals surface area contributed by atoms with Crippen molar-refractivity contribution in [3.63, 3.8) is 0 Å². The maximum Gasteiger partial charge on any atom is 0.252 e. The summed E-state index contributed by atoms with van der Waals surface area (Å²) in [5.41, 5.74) is 0.695. The summed E-state index contributed by atoms with van der Waals surface area (Å²) in [6.45, 7) is 1.38. The van der Waals surface area contributed by atoms with Gasteiger partial charge in [0.2, 0.25) is 0 Å². The number of amides is 1. The molecule has 0 atom stereocenters. The number of nitriles is 1. The third-order valence-corrected chi connectivity index (χ3v) is 8.20. The molecule has 3 saturated carbocycles. The van der Waals surface area contributed by atoms with Gasteiger partial charge in [-0.3, -0.25) is 9.78 Å². The maximum absolute atomic E-state index is 12.9.